The van der Waals surface area contributed by atoms with Crippen molar-refractivity contribution in [3.8, 4) is 0 Å². The van der Waals surface area contributed by atoms with Crippen LogP contribution >= 0.6 is 22.6 Å². The zero-order chi connectivity index (χ0) is 8.27. The molecule has 11 heavy (non-hydrogen) atoms. The van der Waals surface area contributed by atoms with E-state index in [0.717, 1.165) is 5.56 Å². The summed E-state index contributed by atoms with van der Waals surface area (Å²) in [6.07, 6.45) is 0. The highest BCUT2D eigenvalue weighted by molar-refractivity contribution is 14.1. The van der Waals surface area contributed by atoms with Gasteiger partial charge in [0.05, 0.1) is 0 Å². The number of nitrogens with two attached hydrogens (primary N) is 2. The zero-order valence-electron chi connectivity index (χ0n) is 6.13. The van der Waals surface area contributed by atoms with Crippen LogP contribution in [0.25, 0.3) is 0 Å². The van der Waals surface area contributed by atoms with Crippen LogP contribution in [0, 0.1) is 3.57 Å². The van der Waals surface area contributed by atoms with Crippen LogP contribution < -0.4 is 11.5 Å². The molecule has 0 bridgehead atoms. The summed E-state index contributed by atoms with van der Waals surface area (Å²) in [5.41, 5.74) is 12.3. The predicted molar refractivity (Wildman–Crippen MR) is 55.1 cm³/mol. The molecule has 0 aliphatic carbocycles. The van der Waals surface area contributed by atoms with Crippen LogP contribution in [0.3, 0.4) is 0 Å². The molecule has 0 saturated carbocycles. The second kappa shape index (κ2) is 4.04. The van der Waals surface area contributed by atoms with Gasteiger partial charge < -0.3 is 11.5 Å². The van der Waals surface area contributed by atoms with E-state index in [4.69, 9.17) is 11.5 Å². The number of benzene rings is 1. The van der Waals surface area contributed by atoms with Crippen molar-refractivity contribution in [3.63, 3.8) is 0 Å². The molecule has 60 valence electrons. The molecule has 0 saturated heterocycles. The maximum atomic E-state index is 5.77. The second-order valence-corrected chi connectivity index (χ2v) is 3.53. The number of hydrogen-bond acceptors (Lipinski definition) is 2. The largest absolute Gasteiger partial charge is 0.329 e. The fraction of sp³-hybridized carbons (Fsp3) is 0.250. The normalized spacial score (nSPS) is 13.0. The van der Waals surface area contributed by atoms with Gasteiger partial charge in [0, 0.05) is 16.2 Å². The van der Waals surface area contributed by atoms with Crippen molar-refractivity contribution in [1.29, 1.82) is 0 Å². The first kappa shape index (κ1) is 8.96. The van der Waals surface area contributed by atoms with Gasteiger partial charge in [-0.25, -0.2) is 0 Å². The van der Waals surface area contributed by atoms with Gasteiger partial charge in [-0.3, -0.25) is 0 Å². The van der Waals surface area contributed by atoms with E-state index in [1.807, 2.05) is 24.3 Å². The van der Waals surface area contributed by atoms with Crippen LogP contribution in [0.1, 0.15) is 11.6 Å². The van der Waals surface area contributed by atoms with Gasteiger partial charge in [-0.1, -0.05) is 18.2 Å². The molecule has 2 nitrogen and oxygen atoms in total. The Morgan fingerprint density at radius 1 is 1.36 bits per heavy atom. The summed E-state index contributed by atoms with van der Waals surface area (Å²) in [6.45, 7) is 0.500. The lowest BCUT2D eigenvalue weighted by atomic mass is 10.1. The maximum absolute atomic E-state index is 5.77. The molecule has 0 aliphatic heterocycles. The molecule has 0 aromatic heterocycles. The van der Waals surface area contributed by atoms with Gasteiger partial charge in [0.15, 0.2) is 0 Å². The Balaban J connectivity index is 2.93. The van der Waals surface area contributed by atoms with Crippen LogP contribution in [-0.4, -0.2) is 6.54 Å². The van der Waals surface area contributed by atoms with Gasteiger partial charge in [-0.15, -0.1) is 0 Å². The van der Waals surface area contributed by atoms with E-state index < -0.39 is 0 Å². The van der Waals surface area contributed by atoms with Crippen molar-refractivity contribution in [1.82, 2.24) is 0 Å². The van der Waals surface area contributed by atoms with E-state index in [9.17, 15) is 0 Å². The Morgan fingerprint density at radius 2 is 2.00 bits per heavy atom. The van der Waals surface area contributed by atoms with Crippen molar-refractivity contribution in [3.05, 3.63) is 33.4 Å². The number of halogens is 1. The average molecular weight is 262 g/mol. The SMILES string of the molecule is NC[C@@H](N)c1ccccc1I. The van der Waals surface area contributed by atoms with E-state index in [2.05, 4.69) is 22.6 Å². The Bertz CT molecular complexity index is 237. The minimum Gasteiger partial charge on any atom is -0.329 e. The second-order valence-electron chi connectivity index (χ2n) is 2.36. The summed E-state index contributed by atoms with van der Waals surface area (Å²) < 4.78 is 1.18. The highest BCUT2D eigenvalue weighted by Gasteiger charge is 2.05. The topological polar surface area (TPSA) is 52.0 Å². The van der Waals surface area contributed by atoms with Gasteiger partial charge in [-0.05, 0) is 34.2 Å². The van der Waals surface area contributed by atoms with Gasteiger partial charge in [0.1, 0.15) is 0 Å². The molecular weight excluding hydrogens is 251 g/mol. The molecule has 1 aromatic rings. The van der Waals surface area contributed by atoms with Crippen molar-refractivity contribution >= 4 is 22.6 Å². The van der Waals surface area contributed by atoms with E-state index in [1.54, 1.807) is 0 Å². The van der Waals surface area contributed by atoms with Gasteiger partial charge in [0.2, 0.25) is 0 Å². The molecule has 4 N–H and O–H groups in total. The van der Waals surface area contributed by atoms with Crippen molar-refractivity contribution in [2.24, 2.45) is 11.5 Å². The Kier molecular flexibility index (Phi) is 3.29. The lowest BCUT2D eigenvalue weighted by Crippen LogP contribution is -2.21. The molecule has 0 fully saturated rings. The van der Waals surface area contributed by atoms with Crippen LogP contribution in [0.5, 0.6) is 0 Å². The highest BCUT2D eigenvalue weighted by atomic mass is 127. The third-order valence-electron chi connectivity index (χ3n) is 1.56. The first-order valence-electron chi connectivity index (χ1n) is 3.45. The predicted octanol–water partition coefficient (Wildman–Crippen LogP) is 1.25. The third-order valence-corrected chi connectivity index (χ3v) is 2.54. The average Bonchev–Trinajstić information content (AvgIpc) is 2.04. The molecule has 0 spiro atoms. The quantitative estimate of drug-likeness (QED) is 0.788. The summed E-state index contributed by atoms with van der Waals surface area (Å²) in [4.78, 5) is 0. The van der Waals surface area contributed by atoms with Gasteiger partial charge in [0.25, 0.3) is 0 Å². The fourth-order valence-electron chi connectivity index (χ4n) is 0.903. The van der Waals surface area contributed by atoms with Crippen LogP contribution in [0.15, 0.2) is 24.3 Å². The van der Waals surface area contributed by atoms with E-state index in [1.165, 1.54) is 3.57 Å². The highest BCUT2D eigenvalue weighted by Crippen LogP contribution is 2.16. The van der Waals surface area contributed by atoms with Gasteiger partial charge >= 0.3 is 0 Å². The molecule has 3 heteroatoms. The monoisotopic (exact) mass is 262 g/mol. The lowest BCUT2D eigenvalue weighted by molar-refractivity contribution is 0.733. The van der Waals surface area contributed by atoms with Crippen LogP contribution in [0.4, 0.5) is 0 Å². The molecule has 0 heterocycles. The fourth-order valence-corrected chi connectivity index (χ4v) is 1.69. The molecule has 1 atom stereocenters. The molecular formula is C8H11IN2. The van der Waals surface area contributed by atoms with Crippen molar-refractivity contribution < 1.29 is 0 Å². The Morgan fingerprint density at radius 3 is 2.55 bits per heavy atom. The first-order valence-corrected chi connectivity index (χ1v) is 4.53. The van der Waals surface area contributed by atoms with Crippen molar-refractivity contribution in [2.45, 2.75) is 6.04 Å². The molecule has 1 aromatic carbocycles. The minimum atomic E-state index is -0.0249. The number of hydrogen-bond donors (Lipinski definition) is 2. The third kappa shape index (κ3) is 2.15. The first-order chi connectivity index (χ1) is 5.25. The summed E-state index contributed by atoms with van der Waals surface area (Å²) in [5.74, 6) is 0. The minimum absolute atomic E-state index is 0.0249. The smallest absolute Gasteiger partial charge is 0.0430 e. The molecule has 0 amide bonds. The summed E-state index contributed by atoms with van der Waals surface area (Å²) in [6, 6.07) is 8.00. The Labute approximate surface area is 80.1 Å². The lowest BCUT2D eigenvalue weighted by Gasteiger charge is -2.10. The summed E-state index contributed by atoms with van der Waals surface area (Å²) in [5, 5.41) is 0. The molecule has 0 radical (unpaired) electrons. The summed E-state index contributed by atoms with van der Waals surface area (Å²) >= 11 is 2.26. The van der Waals surface area contributed by atoms with E-state index in [0.29, 0.717) is 6.54 Å². The maximum Gasteiger partial charge on any atom is 0.0430 e. The van der Waals surface area contributed by atoms with E-state index in [-0.39, 0.29) is 6.04 Å². The number of rotatable bonds is 2. The Hall–Kier alpha value is -0.130. The molecule has 0 unspecified atom stereocenters. The van der Waals surface area contributed by atoms with Gasteiger partial charge in [-0.2, -0.15) is 0 Å². The van der Waals surface area contributed by atoms with Crippen molar-refractivity contribution in [2.75, 3.05) is 6.54 Å². The summed E-state index contributed by atoms with van der Waals surface area (Å²) in [7, 11) is 0. The molecule has 1 rings (SSSR count). The zero-order valence-corrected chi connectivity index (χ0v) is 8.28. The molecule has 0 aliphatic rings. The van der Waals surface area contributed by atoms with E-state index >= 15 is 0 Å². The van der Waals surface area contributed by atoms with Crippen LogP contribution in [-0.2, 0) is 0 Å². The standard InChI is InChI=1S/C8H11IN2/c9-7-4-2-1-3-6(7)8(11)5-10/h1-4,8H,5,10-11H2/t8-/m1/s1. The van der Waals surface area contributed by atoms with Crippen LogP contribution in [0.2, 0.25) is 0 Å².